The zero-order valence-corrected chi connectivity index (χ0v) is 11.0. The van der Waals surface area contributed by atoms with E-state index in [-0.39, 0.29) is 5.41 Å². The number of benzene rings is 2. The minimum atomic E-state index is 0.0932. The Balaban J connectivity index is 2.58. The van der Waals surface area contributed by atoms with Crippen LogP contribution in [0.15, 0.2) is 52.9 Å². The summed E-state index contributed by atoms with van der Waals surface area (Å²) in [5.41, 5.74) is 3.37. The van der Waals surface area contributed by atoms with Crippen LogP contribution < -0.4 is 0 Å². The molecule has 0 aliphatic carbocycles. The van der Waals surface area contributed by atoms with Crippen molar-refractivity contribution in [2.24, 2.45) is 0 Å². The number of rotatable bonds is 0. The molecule has 1 aromatic heterocycles. The number of hydrogen-bond donors (Lipinski definition) is 0. The van der Waals surface area contributed by atoms with Crippen LogP contribution in [0, 0.1) is 0 Å². The van der Waals surface area contributed by atoms with Gasteiger partial charge in [0.1, 0.15) is 0 Å². The molecule has 0 saturated carbocycles. The molecule has 3 aromatic rings. The van der Waals surface area contributed by atoms with Gasteiger partial charge >= 0.3 is 11.2 Å². The molecule has 1 heterocycles. The molecule has 2 aromatic carbocycles. The van der Waals surface area contributed by atoms with Crippen molar-refractivity contribution in [3.8, 4) is 0 Å². The van der Waals surface area contributed by atoms with Crippen molar-refractivity contribution < 1.29 is 4.42 Å². The van der Waals surface area contributed by atoms with Crippen molar-refractivity contribution in [3.05, 3.63) is 54.1 Å². The highest BCUT2D eigenvalue weighted by Crippen LogP contribution is 2.36. The highest BCUT2D eigenvalue weighted by molar-refractivity contribution is 5.96. The van der Waals surface area contributed by atoms with Gasteiger partial charge in [0.25, 0.3) is 0 Å². The van der Waals surface area contributed by atoms with E-state index in [9.17, 15) is 0 Å². The fourth-order valence-electron chi connectivity index (χ4n) is 2.60. The largest absolute Gasteiger partial charge is 0.361 e. The molecule has 0 aliphatic heterocycles. The molecule has 90 valence electrons. The van der Waals surface area contributed by atoms with E-state index in [1.165, 1.54) is 16.3 Å². The van der Waals surface area contributed by atoms with Gasteiger partial charge in [-0.05, 0) is 23.1 Å². The number of hydrogen-bond acceptors (Lipinski definition) is 0. The molecule has 0 fully saturated rings. The third kappa shape index (κ3) is 1.67. The molecule has 18 heavy (non-hydrogen) atoms. The minimum absolute atomic E-state index is 0.0932. The summed E-state index contributed by atoms with van der Waals surface area (Å²) in [4.78, 5) is 0. The molecule has 0 radical (unpaired) electrons. The van der Waals surface area contributed by atoms with E-state index in [0.717, 1.165) is 11.2 Å². The van der Waals surface area contributed by atoms with Gasteiger partial charge in [-0.3, -0.25) is 0 Å². The van der Waals surface area contributed by atoms with Gasteiger partial charge in [-0.2, -0.15) is 0 Å². The van der Waals surface area contributed by atoms with Gasteiger partial charge in [-0.25, -0.2) is 4.42 Å². The van der Waals surface area contributed by atoms with Crippen molar-refractivity contribution in [1.29, 1.82) is 0 Å². The van der Waals surface area contributed by atoms with E-state index < -0.39 is 0 Å². The Morgan fingerprint density at radius 2 is 1.17 bits per heavy atom. The Morgan fingerprint density at radius 3 is 1.61 bits per heavy atom. The van der Waals surface area contributed by atoms with Gasteiger partial charge < -0.3 is 0 Å². The van der Waals surface area contributed by atoms with Crippen molar-refractivity contribution in [2.45, 2.75) is 26.2 Å². The van der Waals surface area contributed by atoms with Gasteiger partial charge in [0.2, 0.25) is 0 Å². The van der Waals surface area contributed by atoms with Gasteiger partial charge in [-0.1, -0.05) is 45.0 Å². The lowest BCUT2D eigenvalue weighted by Crippen LogP contribution is -2.12. The second kappa shape index (κ2) is 3.81. The Kier molecular flexibility index (Phi) is 2.37. The van der Waals surface area contributed by atoms with Crippen LogP contribution in [0.5, 0.6) is 0 Å². The number of para-hydroxylation sites is 2. The summed E-state index contributed by atoms with van der Waals surface area (Å²) in [5, 5.41) is 2.42. The molecule has 0 N–H and O–H groups in total. The first kappa shape index (κ1) is 11.2. The molecule has 1 heteroatoms. The van der Waals surface area contributed by atoms with E-state index in [1.807, 2.05) is 24.3 Å². The summed E-state index contributed by atoms with van der Waals surface area (Å²) < 4.78 is 5.98. The first-order valence-electron chi connectivity index (χ1n) is 6.31. The Hall–Kier alpha value is -1.89. The molecule has 0 saturated heterocycles. The lowest BCUT2D eigenvalue weighted by Gasteiger charge is -2.20. The molecule has 0 spiro atoms. The lowest BCUT2D eigenvalue weighted by atomic mass is 9.82. The van der Waals surface area contributed by atoms with Crippen LogP contribution in [-0.2, 0) is 5.41 Å². The smallest absolute Gasteiger partial charge is 0.207 e. The molecule has 0 unspecified atom stereocenters. The molecule has 0 atom stereocenters. The maximum atomic E-state index is 5.98. The maximum Gasteiger partial charge on any atom is 0.361 e. The van der Waals surface area contributed by atoms with Crippen LogP contribution in [0.3, 0.4) is 0 Å². The number of fused-ring (bicyclic) bond motifs is 2. The van der Waals surface area contributed by atoms with Crippen molar-refractivity contribution in [3.63, 3.8) is 0 Å². The van der Waals surface area contributed by atoms with Crippen LogP contribution in [-0.4, -0.2) is 0 Å². The predicted octanol–water partition coefficient (Wildman–Crippen LogP) is 5.16. The van der Waals surface area contributed by atoms with Crippen LogP contribution >= 0.6 is 0 Å². The normalized spacial score (nSPS) is 12.2. The summed E-state index contributed by atoms with van der Waals surface area (Å²) in [7, 11) is 0. The minimum Gasteiger partial charge on any atom is -0.207 e. The topological polar surface area (TPSA) is 11.3 Å². The highest BCUT2D eigenvalue weighted by Gasteiger charge is 2.26. The summed E-state index contributed by atoms with van der Waals surface area (Å²) in [5.74, 6) is 0. The zero-order chi connectivity index (χ0) is 12.8. The maximum absolute atomic E-state index is 5.98. The lowest BCUT2D eigenvalue weighted by molar-refractivity contribution is 0.592. The summed E-state index contributed by atoms with van der Waals surface area (Å²) in [6.45, 7) is 6.75. The average molecular weight is 237 g/mol. The van der Waals surface area contributed by atoms with Crippen molar-refractivity contribution in [1.82, 2.24) is 0 Å². The third-order valence-corrected chi connectivity index (χ3v) is 3.28. The first-order chi connectivity index (χ1) is 8.57. The monoisotopic (exact) mass is 237 g/mol. The van der Waals surface area contributed by atoms with E-state index in [2.05, 4.69) is 45.0 Å². The summed E-state index contributed by atoms with van der Waals surface area (Å²) in [6, 6.07) is 16.6. The third-order valence-electron chi connectivity index (χ3n) is 3.28. The van der Waals surface area contributed by atoms with Gasteiger partial charge in [-0.15, -0.1) is 0 Å². The van der Waals surface area contributed by atoms with Gasteiger partial charge in [0, 0.05) is 12.1 Å². The standard InChI is InChI=1S/C17H17O/c1-17(2,3)16-12-8-4-6-10-14(12)18-15-11-7-5-9-13(15)16/h4-11H,1-3H3/q+1. The molecule has 0 amide bonds. The van der Waals surface area contributed by atoms with Crippen LogP contribution in [0.2, 0.25) is 0 Å². The zero-order valence-electron chi connectivity index (χ0n) is 11.0. The van der Waals surface area contributed by atoms with E-state index in [0.29, 0.717) is 0 Å². The Labute approximate surface area is 107 Å². The van der Waals surface area contributed by atoms with E-state index in [4.69, 9.17) is 4.42 Å². The van der Waals surface area contributed by atoms with Crippen LogP contribution in [0.4, 0.5) is 0 Å². The quantitative estimate of drug-likeness (QED) is 0.388. The fraction of sp³-hybridized carbons (Fsp3) is 0.235. The molecular formula is C17H17O+. The molecule has 3 rings (SSSR count). The highest BCUT2D eigenvalue weighted by atomic mass is 16.3. The summed E-state index contributed by atoms with van der Waals surface area (Å²) >= 11 is 0. The Bertz CT molecular complexity index is 666. The molecular weight excluding hydrogens is 220 g/mol. The molecule has 0 aliphatic rings. The second-order valence-corrected chi connectivity index (χ2v) is 5.72. The van der Waals surface area contributed by atoms with Crippen LogP contribution in [0.1, 0.15) is 26.3 Å². The van der Waals surface area contributed by atoms with Crippen molar-refractivity contribution in [2.75, 3.05) is 0 Å². The van der Waals surface area contributed by atoms with Gasteiger partial charge in [0.15, 0.2) is 0 Å². The molecule has 1 nitrogen and oxygen atoms in total. The summed E-state index contributed by atoms with van der Waals surface area (Å²) in [6.07, 6.45) is 0. The fourth-order valence-corrected chi connectivity index (χ4v) is 2.60. The molecule has 0 bridgehead atoms. The van der Waals surface area contributed by atoms with E-state index >= 15 is 0 Å². The first-order valence-corrected chi connectivity index (χ1v) is 6.31. The van der Waals surface area contributed by atoms with E-state index in [1.54, 1.807) is 0 Å². The van der Waals surface area contributed by atoms with Crippen LogP contribution in [0.25, 0.3) is 21.9 Å². The second-order valence-electron chi connectivity index (χ2n) is 5.72. The van der Waals surface area contributed by atoms with Crippen molar-refractivity contribution >= 4 is 21.9 Å². The SMILES string of the molecule is CC(C)(C)c1c2ccccc2[o+]c2ccccc12. The average Bonchev–Trinajstić information content (AvgIpc) is 2.34. The van der Waals surface area contributed by atoms with Gasteiger partial charge in [0.05, 0.1) is 10.8 Å². The predicted molar refractivity (Wildman–Crippen MR) is 76.8 cm³/mol. The Morgan fingerprint density at radius 1 is 0.722 bits per heavy atom.